The van der Waals surface area contributed by atoms with Crippen molar-refractivity contribution in [1.82, 2.24) is 14.8 Å². The number of hydrogen-bond acceptors (Lipinski definition) is 4. The summed E-state index contributed by atoms with van der Waals surface area (Å²) >= 11 is 0. The average Bonchev–Trinajstić information content (AvgIpc) is 2.84. The monoisotopic (exact) mass is 421 g/mol. The summed E-state index contributed by atoms with van der Waals surface area (Å²) in [5, 5.41) is 0. The molecule has 5 nitrogen and oxygen atoms in total. The molecular formula is C26H35N3O2. The molecule has 0 unspecified atom stereocenters. The minimum absolute atomic E-state index is 0.165. The first-order chi connectivity index (χ1) is 15.2. The maximum atomic E-state index is 12.9. The zero-order valence-electron chi connectivity index (χ0n) is 18.7. The Labute approximate surface area is 186 Å². The lowest BCUT2D eigenvalue weighted by molar-refractivity contribution is -0.140. The van der Waals surface area contributed by atoms with Crippen molar-refractivity contribution in [2.24, 2.45) is 11.8 Å². The van der Waals surface area contributed by atoms with Crippen LogP contribution in [0.25, 0.3) is 0 Å². The zero-order chi connectivity index (χ0) is 21.5. The molecule has 31 heavy (non-hydrogen) atoms. The van der Waals surface area contributed by atoms with Crippen LogP contribution in [0.5, 0.6) is 0 Å². The van der Waals surface area contributed by atoms with Crippen LogP contribution in [-0.4, -0.2) is 60.1 Å². The second-order valence-electron chi connectivity index (χ2n) is 9.08. The van der Waals surface area contributed by atoms with Crippen molar-refractivity contribution in [3.63, 3.8) is 0 Å². The Morgan fingerprint density at radius 2 is 1.77 bits per heavy atom. The lowest BCUT2D eigenvalue weighted by Crippen LogP contribution is -2.48. The molecule has 0 aliphatic carbocycles. The second-order valence-corrected chi connectivity index (χ2v) is 9.08. The summed E-state index contributed by atoms with van der Waals surface area (Å²) in [5.41, 5.74) is 2.63. The van der Waals surface area contributed by atoms with Gasteiger partial charge in [-0.25, -0.2) is 0 Å². The summed E-state index contributed by atoms with van der Waals surface area (Å²) in [7, 11) is 2.24. The number of hydrogen-bond donors (Lipinski definition) is 0. The lowest BCUT2D eigenvalue weighted by atomic mass is 9.84. The van der Waals surface area contributed by atoms with Gasteiger partial charge in [-0.15, -0.1) is 0 Å². The molecular weight excluding hydrogens is 386 g/mol. The summed E-state index contributed by atoms with van der Waals surface area (Å²) in [6.07, 6.45) is 8.73. The molecule has 166 valence electrons. The highest BCUT2D eigenvalue weighted by molar-refractivity contribution is 5.79. The van der Waals surface area contributed by atoms with E-state index in [-0.39, 0.29) is 5.92 Å². The third-order valence-electron chi connectivity index (χ3n) is 6.97. The fourth-order valence-electron chi connectivity index (χ4n) is 5.14. The predicted octanol–water partition coefficient (Wildman–Crippen LogP) is 3.79. The Balaban J connectivity index is 1.41. The molecule has 1 atom stereocenters. The molecule has 5 heteroatoms. The summed E-state index contributed by atoms with van der Waals surface area (Å²) < 4.78 is 5.44. The van der Waals surface area contributed by atoms with E-state index in [2.05, 4.69) is 58.2 Å². The highest BCUT2D eigenvalue weighted by Gasteiger charge is 2.33. The van der Waals surface area contributed by atoms with Crippen LogP contribution in [0.2, 0.25) is 0 Å². The van der Waals surface area contributed by atoms with E-state index in [9.17, 15) is 4.79 Å². The third-order valence-corrected chi connectivity index (χ3v) is 6.97. The molecule has 2 fully saturated rings. The van der Waals surface area contributed by atoms with E-state index in [1.165, 1.54) is 11.1 Å². The average molecular weight is 422 g/mol. The number of aromatic nitrogens is 1. The quantitative estimate of drug-likeness (QED) is 0.682. The minimum atomic E-state index is 0.165. The van der Waals surface area contributed by atoms with Gasteiger partial charge in [-0.2, -0.15) is 0 Å². The van der Waals surface area contributed by atoms with Gasteiger partial charge in [0.15, 0.2) is 0 Å². The number of pyridine rings is 1. The van der Waals surface area contributed by atoms with Crippen LogP contribution in [0.1, 0.15) is 36.8 Å². The standard InChI is InChI=1S/C26H35N3O2/c1-28(20-22-8-5-13-27-19-22)25(18-21-6-3-2-4-7-21)23-9-14-29(15-10-23)26(30)24-11-16-31-17-12-24/h2-8,13,19,23-25H,9-12,14-18,20H2,1H3/t25-/m0/s1. The van der Waals surface area contributed by atoms with Crippen LogP contribution < -0.4 is 0 Å². The molecule has 3 heterocycles. The van der Waals surface area contributed by atoms with Crippen LogP contribution in [0, 0.1) is 11.8 Å². The number of nitrogens with zero attached hydrogens (tertiary/aromatic N) is 3. The van der Waals surface area contributed by atoms with Crippen molar-refractivity contribution in [1.29, 1.82) is 0 Å². The van der Waals surface area contributed by atoms with E-state index in [4.69, 9.17) is 4.74 Å². The summed E-state index contributed by atoms with van der Waals surface area (Å²) in [6.45, 7) is 4.11. The smallest absolute Gasteiger partial charge is 0.225 e. The predicted molar refractivity (Wildman–Crippen MR) is 122 cm³/mol. The van der Waals surface area contributed by atoms with Gasteiger partial charge in [-0.1, -0.05) is 36.4 Å². The summed E-state index contributed by atoms with van der Waals surface area (Å²) in [6, 6.07) is 15.4. The lowest BCUT2D eigenvalue weighted by Gasteiger charge is -2.41. The molecule has 0 bridgehead atoms. The Morgan fingerprint density at radius 3 is 2.45 bits per heavy atom. The van der Waals surface area contributed by atoms with Crippen LogP contribution in [0.4, 0.5) is 0 Å². The number of ether oxygens (including phenoxy) is 1. The summed E-state index contributed by atoms with van der Waals surface area (Å²) in [5.74, 6) is 1.10. The van der Waals surface area contributed by atoms with E-state index in [0.717, 1.165) is 65.0 Å². The van der Waals surface area contributed by atoms with Gasteiger partial charge >= 0.3 is 0 Å². The third kappa shape index (κ3) is 5.92. The number of likely N-dealkylation sites (tertiary alicyclic amines) is 1. The molecule has 0 saturated carbocycles. The molecule has 2 saturated heterocycles. The number of amides is 1. The van der Waals surface area contributed by atoms with Gasteiger partial charge < -0.3 is 9.64 Å². The minimum Gasteiger partial charge on any atom is -0.381 e. The first-order valence-electron chi connectivity index (χ1n) is 11.7. The Bertz CT molecular complexity index is 800. The maximum Gasteiger partial charge on any atom is 0.225 e. The molecule has 0 radical (unpaired) electrons. The van der Waals surface area contributed by atoms with Gasteiger partial charge in [0.25, 0.3) is 0 Å². The highest BCUT2D eigenvalue weighted by atomic mass is 16.5. The largest absolute Gasteiger partial charge is 0.381 e. The van der Waals surface area contributed by atoms with Gasteiger partial charge in [0.2, 0.25) is 5.91 Å². The van der Waals surface area contributed by atoms with Crippen molar-refractivity contribution in [3.05, 3.63) is 66.0 Å². The van der Waals surface area contributed by atoms with Crippen LogP contribution in [-0.2, 0) is 22.5 Å². The number of likely N-dealkylation sites (N-methyl/N-ethyl adjacent to an activating group) is 1. The molecule has 0 spiro atoms. The SMILES string of the molecule is CN(Cc1cccnc1)[C@@H](Cc1ccccc1)C1CCN(C(=O)C2CCOCC2)CC1. The number of benzene rings is 1. The Morgan fingerprint density at radius 1 is 1.06 bits per heavy atom. The highest BCUT2D eigenvalue weighted by Crippen LogP contribution is 2.29. The fraction of sp³-hybridized carbons (Fsp3) is 0.538. The number of carbonyl (C=O) groups is 1. The zero-order valence-corrected chi connectivity index (χ0v) is 18.7. The van der Waals surface area contributed by atoms with Crippen molar-refractivity contribution in [2.45, 2.75) is 44.7 Å². The molecule has 0 N–H and O–H groups in total. The number of carbonyl (C=O) groups excluding carboxylic acids is 1. The van der Waals surface area contributed by atoms with Gasteiger partial charge in [-0.3, -0.25) is 14.7 Å². The van der Waals surface area contributed by atoms with E-state index >= 15 is 0 Å². The normalized spacial score (nSPS) is 19.5. The molecule has 2 aliphatic rings. The van der Waals surface area contributed by atoms with Crippen molar-refractivity contribution in [2.75, 3.05) is 33.4 Å². The van der Waals surface area contributed by atoms with Gasteiger partial charge in [0, 0.05) is 57.2 Å². The van der Waals surface area contributed by atoms with Crippen LogP contribution in [0.3, 0.4) is 0 Å². The molecule has 4 rings (SSSR count). The summed E-state index contributed by atoms with van der Waals surface area (Å²) in [4.78, 5) is 21.8. The van der Waals surface area contributed by atoms with Gasteiger partial charge in [-0.05, 0) is 62.3 Å². The van der Waals surface area contributed by atoms with Crippen molar-refractivity contribution >= 4 is 5.91 Å². The molecule has 2 aromatic rings. The number of piperidine rings is 1. The number of rotatable bonds is 7. The van der Waals surface area contributed by atoms with Gasteiger partial charge in [0.1, 0.15) is 0 Å². The van der Waals surface area contributed by atoms with Gasteiger partial charge in [0.05, 0.1) is 0 Å². The first-order valence-corrected chi connectivity index (χ1v) is 11.7. The molecule has 2 aliphatic heterocycles. The van der Waals surface area contributed by atoms with E-state index in [0.29, 0.717) is 17.9 Å². The van der Waals surface area contributed by atoms with E-state index in [1.807, 2.05) is 18.5 Å². The second kappa shape index (κ2) is 10.9. The first kappa shape index (κ1) is 22.0. The topological polar surface area (TPSA) is 45.7 Å². The fourth-order valence-corrected chi connectivity index (χ4v) is 5.14. The van der Waals surface area contributed by atoms with Crippen molar-refractivity contribution < 1.29 is 9.53 Å². The molecule has 1 aromatic carbocycles. The molecule has 1 amide bonds. The van der Waals surface area contributed by atoms with Crippen LogP contribution >= 0.6 is 0 Å². The molecule has 1 aromatic heterocycles. The van der Waals surface area contributed by atoms with Crippen LogP contribution in [0.15, 0.2) is 54.9 Å². The van der Waals surface area contributed by atoms with E-state index < -0.39 is 0 Å². The van der Waals surface area contributed by atoms with Crippen molar-refractivity contribution in [3.8, 4) is 0 Å². The Hall–Kier alpha value is -2.24. The maximum absolute atomic E-state index is 12.9. The van der Waals surface area contributed by atoms with E-state index in [1.54, 1.807) is 0 Å². The Kier molecular flexibility index (Phi) is 7.71.